The molecule has 0 spiro atoms. The van der Waals surface area contributed by atoms with Crippen LogP contribution in [-0.2, 0) is 9.53 Å². The van der Waals surface area contributed by atoms with Gasteiger partial charge in [0.25, 0.3) is 0 Å². The molecule has 0 saturated carbocycles. The van der Waals surface area contributed by atoms with Crippen LogP contribution in [0.3, 0.4) is 0 Å². The van der Waals surface area contributed by atoms with Crippen molar-refractivity contribution in [2.24, 2.45) is 5.92 Å². The summed E-state index contributed by atoms with van der Waals surface area (Å²) in [6, 6.07) is 0. The van der Waals surface area contributed by atoms with Gasteiger partial charge in [-0.15, -0.1) is 0 Å². The smallest absolute Gasteiger partial charge is 0.392 e. The fourth-order valence-electron chi connectivity index (χ4n) is 0.486. The summed E-state index contributed by atoms with van der Waals surface area (Å²) >= 11 is 2.77. The summed E-state index contributed by atoms with van der Waals surface area (Å²) in [7, 11) is 0. The predicted molar refractivity (Wildman–Crippen MR) is 39.7 cm³/mol. The Labute approximate surface area is 76.2 Å². The van der Waals surface area contributed by atoms with Crippen LogP contribution >= 0.6 is 15.9 Å². The van der Waals surface area contributed by atoms with Crippen molar-refractivity contribution in [3.05, 3.63) is 0 Å². The van der Waals surface area contributed by atoms with Gasteiger partial charge in [-0.05, 0) is 15.9 Å². The number of esters is 1. The largest absolute Gasteiger partial charge is 0.454 e. The Bertz CT molecular complexity index is 157. The predicted octanol–water partition coefficient (Wildman–Crippen LogP) is 2.47. The lowest BCUT2D eigenvalue weighted by atomic mass is 10.1. The molecule has 1 unspecified atom stereocenters. The lowest BCUT2D eigenvalue weighted by Crippen LogP contribution is -2.23. The Balaban J connectivity index is 3.84. The van der Waals surface area contributed by atoms with E-state index in [2.05, 4.69) is 20.7 Å². The third-order valence-electron chi connectivity index (χ3n) is 1.25. The molecule has 0 saturated heterocycles. The van der Waals surface area contributed by atoms with Crippen molar-refractivity contribution in [2.45, 2.75) is 19.5 Å². The van der Waals surface area contributed by atoms with Crippen LogP contribution in [0.25, 0.3) is 0 Å². The minimum atomic E-state index is -4.33. The van der Waals surface area contributed by atoms with Crippen molar-refractivity contribution in [2.75, 3.05) is 5.52 Å². The molecule has 0 rings (SSSR count). The van der Waals surface area contributed by atoms with Crippen LogP contribution < -0.4 is 0 Å². The Morgan fingerprint density at radius 3 is 2.42 bits per heavy atom. The van der Waals surface area contributed by atoms with E-state index in [-0.39, 0.29) is 5.52 Å². The van der Waals surface area contributed by atoms with E-state index in [9.17, 15) is 18.0 Å². The zero-order chi connectivity index (χ0) is 9.78. The Kier molecular flexibility index (Phi) is 4.59. The van der Waals surface area contributed by atoms with Crippen molar-refractivity contribution in [3.63, 3.8) is 0 Å². The number of alkyl halides is 4. The van der Waals surface area contributed by atoms with E-state index >= 15 is 0 Å². The molecule has 0 aliphatic heterocycles. The number of hydrogen-bond donors (Lipinski definition) is 0. The average Bonchev–Trinajstić information content (AvgIpc) is 1.85. The van der Waals surface area contributed by atoms with E-state index in [0.717, 1.165) is 6.92 Å². The quantitative estimate of drug-likeness (QED) is 0.567. The highest BCUT2D eigenvalue weighted by molar-refractivity contribution is 9.09. The van der Waals surface area contributed by atoms with Crippen molar-refractivity contribution in [3.8, 4) is 0 Å². The Morgan fingerprint density at radius 1 is 1.58 bits per heavy atom. The standard InChI is InChI=1S/C6H8BrF3O2/c1-4(6(8,9)10)2-5(11)12-3-7/h4H,2-3H2,1H3. The second kappa shape index (κ2) is 4.69. The minimum Gasteiger partial charge on any atom is -0.454 e. The Hall–Kier alpha value is -0.260. The summed E-state index contributed by atoms with van der Waals surface area (Å²) in [5.74, 6) is -2.50. The van der Waals surface area contributed by atoms with Gasteiger partial charge in [0.05, 0.1) is 12.3 Å². The molecule has 0 fully saturated rings. The van der Waals surface area contributed by atoms with Gasteiger partial charge in [0.1, 0.15) is 5.52 Å². The van der Waals surface area contributed by atoms with Crippen LogP contribution in [-0.4, -0.2) is 17.7 Å². The molecule has 1 atom stereocenters. The Morgan fingerprint density at radius 2 is 2.08 bits per heavy atom. The van der Waals surface area contributed by atoms with Crippen LogP contribution in [0.1, 0.15) is 13.3 Å². The third kappa shape index (κ3) is 4.58. The zero-order valence-electron chi connectivity index (χ0n) is 6.32. The molecule has 2 nitrogen and oxygen atoms in total. The molecule has 72 valence electrons. The van der Waals surface area contributed by atoms with E-state index in [1.54, 1.807) is 0 Å². The van der Waals surface area contributed by atoms with E-state index in [0.29, 0.717) is 0 Å². The van der Waals surface area contributed by atoms with Crippen molar-refractivity contribution >= 4 is 21.9 Å². The number of carbonyl (C=O) groups is 1. The van der Waals surface area contributed by atoms with Gasteiger partial charge in [0, 0.05) is 0 Å². The maximum Gasteiger partial charge on any atom is 0.392 e. The van der Waals surface area contributed by atoms with Gasteiger partial charge in [-0.2, -0.15) is 13.2 Å². The summed E-state index contributed by atoms with van der Waals surface area (Å²) in [5.41, 5.74) is -0.0730. The van der Waals surface area contributed by atoms with Gasteiger partial charge in [-0.1, -0.05) is 6.92 Å². The van der Waals surface area contributed by atoms with E-state index < -0.39 is 24.5 Å². The first-order valence-corrected chi connectivity index (χ1v) is 4.28. The molecule has 0 aliphatic carbocycles. The summed E-state index contributed by atoms with van der Waals surface area (Å²) in [4.78, 5) is 10.5. The SMILES string of the molecule is CC(CC(=O)OCBr)C(F)(F)F. The number of halogens is 4. The molecule has 0 heterocycles. The highest BCUT2D eigenvalue weighted by Gasteiger charge is 2.37. The first-order valence-electron chi connectivity index (χ1n) is 3.16. The summed E-state index contributed by atoms with van der Waals surface area (Å²) in [6.07, 6.45) is -4.96. The van der Waals surface area contributed by atoms with E-state index in [1.807, 2.05) is 0 Å². The average molecular weight is 249 g/mol. The molecule has 0 aromatic carbocycles. The summed E-state index contributed by atoms with van der Waals surface area (Å²) in [5, 5.41) is 0. The minimum absolute atomic E-state index is 0.0730. The topological polar surface area (TPSA) is 26.3 Å². The maximum absolute atomic E-state index is 11.8. The normalized spacial score (nSPS) is 14.1. The van der Waals surface area contributed by atoms with Crippen LogP contribution in [0.2, 0.25) is 0 Å². The number of hydrogen-bond acceptors (Lipinski definition) is 2. The van der Waals surface area contributed by atoms with Crippen LogP contribution in [0.5, 0.6) is 0 Å². The molecule has 12 heavy (non-hydrogen) atoms. The molecule has 0 amide bonds. The highest BCUT2D eigenvalue weighted by Crippen LogP contribution is 2.28. The number of rotatable bonds is 3. The molecular formula is C6H8BrF3O2. The second-order valence-electron chi connectivity index (χ2n) is 2.27. The van der Waals surface area contributed by atoms with Crippen LogP contribution in [0, 0.1) is 5.92 Å². The van der Waals surface area contributed by atoms with Gasteiger partial charge in [0.2, 0.25) is 0 Å². The third-order valence-corrected chi connectivity index (χ3v) is 1.48. The van der Waals surface area contributed by atoms with E-state index in [4.69, 9.17) is 0 Å². The van der Waals surface area contributed by atoms with Crippen molar-refractivity contribution < 1.29 is 22.7 Å². The van der Waals surface area contributed by atoms with Crippen LogP contribution in [0.4, 0.5) is 13.2 Å². The number of carbonyl (C=O) groups excluding carboxylic acids is 1. The first-order chi connectivity index (χ1) is 5.38. The zero-order valence-corrected chi connectivity index (χ0v) is 7.91. The second-order valence-corrected chi connectivity index (χ2v) is 2.73. The fraction of sp³-hybridized carbons (Fsp3) is 0.833. The van der Waals surface area contributed by atoms with Crippen LogP contribution in [0.15, 0.2) is 0 Å². The fourth-order valence-corrected chi connectivity index (χ4v) is 0.741. The number of ether oxygens (including phenoxy) is 1. The molecule has 0 aromatic rings. The van der Waals surface area contributed by atoms with Gasteiger partial charge in [-0.25, -0.2) is 0 Å². The highest BCUT2D eigenvalue weighted by atomic mass is 79.9. The van der Waals surface area contributed by atoms with Crippen molar-refractivity contribution in [1.29, 1.82) is 0 Å². The van der Waals surface area contributed by atoms with Gasteiger partial charge in [-0.3, -0.25) is 4.79 Å². The van der Waals surface area contributed by atoms with Gasteiger partial charge in [0.15, 0.2) is 0 Å². The lowest BCUT2D eigenvalue weighted by molar-refractivity contribution is -0.179. The molecule has 0 radical (unpaired) electrons. The molecule has 0 bridgehead atoms. The van der Waals surface area contributed by atoms with Crippen molar-refractivity contribution in [1.82, 2.24) is 0 Å². The van der Waals surface area contributed by atoms with Gasteiger partial charge < -0.3 is 4.74 Å². The molecule has 0 aromatic heterocycles. The summed E-state index contributed by atoms with van der Waals surface area (Å²) < 4.78 is 39.8. The first kappa shape index (κ1) is 11.7. The summed E-state index contributed by atoms with van der Waals surface area (Å²) in [6.45, 7) is 0.940. The van der Waals surface area contributed by atoms with E-state index in [1.165, 1.54) is 0 Å². The maximum atomic E-state index is 11.8. The van der Waals surface area contributed by atoms with Gasteiger partial charge >= 0.3 is 12.1 Å². The monoisotopic (exact) mass is 248 g/mol. The molecule has 6 heteroatoms. The lowest BCUT2D eigenvalue weighted by Gasteiger charge is -2.13. The molecule has 0 N–H and O–H groups in total. The molecular weight excluding hydrogens is 241 g/mol. The molecule has 0 aliphatic rings.